The molecule has 0 N–H and O–H groups in total. The number of fused-ring (bicyclic) bond motifs is 1. The van der Waals surface area contributed by atoms with Gasteiger partial charge in [0.1, 0.15) is 11.6 Å². The maximum atomic E-state index is 5.28. The molecule has 0 atom stereocenters. The van der Waals surface area contributed by atoms with Crippen LogP contribution < -0.4 is 4.74 Å². The van der Waals surface area contributed by atoms with Gasteiger partial charge in [-0.05, 0) is 62.5 Å². The molecule has 0 fully saturated rings. The standard InChI is InChI=1S/C21H27N3O/c1-4-23(5-2)15-8-16-24-20-10-7-6-9-19(20)22-21(24)17-11-13-18(25-3)14-12-17/h6-7,9-14H,4-5,8,15-16H2,1-3H3. The van der Waals surface area contributed by atoms with Gasteiger partial charge in [-0.15, -0.1) is 0 Å². The normalized spacial score (nSPS) is 11.4. The number of hydrogen-bond acceptors (Lipinski definition) is 3. The molecule has 4 heteroatoms. The molecule has 1 aromatic heterocycles. The second kappa shape index (κ2) is 8.17. The second-order valence-corrected chi connectivity index (χ2v) is 6.18. The van der Waals surface area contributed by atoms with E-state index in [1.165, 1.54) is 5.52 Å². The monoisotopic (exact) mass is 337 g/mol. The zero-order valence-corrected chi connectivity index (χ0v) is 15.4. The molecule has 0 radical (unpaired) electrons. The number of imidazole rings is 1. The quantitative estimate of drug-likeness (QED) is 0.608. The fraction of sp³-hybridized carbons (Fsp3) is 0.381. The summed E-state index contributed by atoms with van der Waals surface area (Å²) in [5.41, 5.74) is 3.38. The molecule has 0 aliphatic heterocycles. The summed E-state index contributed by atoms with van der Waals surface area (Å²) in [6, 6.07) is 16.5. The Morgan fingerprint density at radius 1 is 1.00 bits per heavy atom. The molecule has 0 unspecified atom stereocenters. The molecule has 0 saturated carbocycles. The summed E-state index contributed by atoms with van der Waals surface area (Å²) in [5, 5.41) is 0. The van der Waals surface area contributed by atoms with Crippen molar-refractivity contribution in [3.63, 3.8) is 0 Å². The Kier molecular flexibility index (Phi) is 5.71. The SMILES string of the molecule is CCN(CC)CCCn1c(-c2ccc(OC)cc2)nc2ccccc21. The van der Waals surface area contributed by atoms with E-state index in [2.05, 4.69) is 53.6 Å². The van der Waals surface area contributed by atoms with E-state index in [1.807, 2.05) is 18.2 Å². The summed E-state index contributed by atoms with van der Waals surface area (Å²) in [7, 11) is 1.69. The predicted molar refractivity (Wildman–Crippen MR) is 104 cm³/mol. The van der Waals surface area contributed by atoms with E-state index in [9.17, 15) is 0 Å². The molecule has 2 aromatic carbocycles. The highest BCUT2D eigenvalue weighted by molar-refractivity contribution is 5.80. The van der Waals surface area contributed by atoms with Gasteiger partial charge in [-0.3, -0.25) is 0 Å². The molecule has 0 saturated heterocycles. The lowest BCUT2D eigenvalue weighted by molar-refractivity contribution is 0.294. The number of hydrogen-bond donors (Lipinski definition) is 0. The molecule has 0 spiro atoms. The molecular formula is C21H27N3O. The van der Waals surface area contributed by atoms with Gasteiger partial charge in [0.2, 0.25) is 0 Å². The van der Waals surface area contributed by atoms with E-state index in [4.69, 9.17) is 9.72 Å². The van der Waals surface area contributed by atoms with Crippen molar-refractivity contribution in [2.75, 3.05) is 26.7 Å². The van der Waals surface area contributed by atoms with Crippen LogP contribution in [0.3, 0.4) is 0 Å². The highest BCUT2D eigenvalue weighted by atomic mass is 16.5. The van der Waals surface area contributed by atoms with Gasteiger partial charge in [0.15, 0.2) is 0 Å². The molecule has 3 aromatic rings. The molecule has 0 aliphatic rings. The Labute approximate surface area is 150 Å². The summed E-state index contributed by atoms with van der Waals surface area (Å²) in [6.45, 7) is 8.73. The van der Waals surface area contributed by atoms with E-state index < -0.39 is 0 Å². The number of methoxy groups -OCH3 is 1. The smallest absolute Gasteiger partial charge is 0.141 e. The third-order valence-electron chi connectivity index (χ3n) is 4.75. The van der Waals surface area contributed by atoms with Crippen LogP contribution in [0.4, 0.5) is 0 Å². The van der Waals surface area contributed by atoms with Crippen LogP contribution in [0, 0.1) is 0 Å². The van der Waals surface area contributed by atoms with Crippen LogP contribution in [-0.4, -0.2) is 41.2 Å². The molecule has 0 bridgehead atoms. The van der Waals surface area contributed by atoms with Crippen molar-refractivity contribution in [3.05, 3.63) is 48.5 Å². The largest absolute Gasteiger partial charge is 0.497 e. The summed E-state index contributed by atoms with van der Waals surface area (Å²) < 4.78 is 7.63. The second-order valence-electron chi connectivity index (χ2n) is 6.18. The van der Waals surface area contributed by atoms with Gasteiger partial charge in [0, 0.05) is 12.1 Å². The summed E-state index contributed by atoms with van der Waals surface area (Å²) in [5.74, 6) is 1.90. The van der Waals surface area contributed by atoms with Crippen molar-refractivity contribution in [2.24, 2.45) is 0 Å². The third-order valence-corrected chi connectivity index (χ3v) is 4.75. The first kappa shape index (κ1) is 17.5. The van der Waals surface area contributed by atoms with Gasteiger partial charge < -0.3 is 14.2 Å². The number of aromatic nitrogens is 2. The minimum atomic E-state index is 0.868. The minimum absolute atomic E-state index is 0.868. The molecule has 0 aliphatic carbocycles. The molecule has 25 heavy (non-hydrogen) atoms. The average molecular weight is 337 g/mol. The van der Waals surface area contributed by atoms with E-state index in [0.717, 1.165) is 55.3 Å². The van der Waals surface area contributed by atoms with E-state index in [0.29, 0.717) is 0 Å². The minimum Gasteiger partial charge on any atom is -0.497 e. The van der Waals surface area contributed by atoms with Crippen molar-refractivity contribution in [2.45, 2.75) is 26.8 Å². The van der Waals surface area contributed by atoms with Crippen LogP contribution in [0.15, 0.2) is 48.5 Å². The van der Waals surface area contributed by atoms with Gasteiger partial charge >= 0.3 is 0 Å². The lowest BCUT2D eigenvalue weighted by Crippen LogP contribution is -2.24. The van der Waals surface area contributed by atoms with Crippen LogP contribution in [0.5, 0.6) is 5.75 Å². The third kappa shape index (κ3) is 3.85. The summed E-state index contributed by atoms with van der Waals surface area (Å²) in [6.07, 6.45) is 1.12. The Morgan fingerprint density at radius 2 is 1.72 bits per heavy atom. The number of rotatable bonds is 8. The number of para-hydroxylation sites is 2. The van der Waals surface area contributed by atoms with Crippen LogP contribution in [0.2, 0.25) is 0 Å². The van der Waals surface area contributed by atoms with Crippen molar-refractivity contribution in [1.29, 1.82) is 0 Å². The Balaban J connectivity index is 1.91. The molecule has 1 heterocycles. The first-order valence-electron chi connectivity index (χ1n) is 9.08. The molecule has 132 valence electrons. The highest BCUT2D eigenvalue weighted by Crippen LogP contribution is 2.26. The maximum Gasteiger partial charge on any atom is 0.141 e. The lowest BCUT2D eigenvalue weighted by Gasteiger charge is -2.18. The van der Waals surface area contributed by atoms with E-state index >= 15 is 0 Å². The van der Waals surface area contributed by atoms with Crippen LogP contribution in [-0.2, 0) is 6.54 Å². The molecule has 0 amide bonds. The van der Waals surface area contributed by atoms with Crippen LogP contribution in [0.1, 0.15) is 20.3 Å². The van der Waals surface area contributed by atoms with E-state index in [-0.39, 0.29) is 0 Å². The van der Waals surface area contributed by atoms with Crippen LogP contribution in [0.25, 0.3) is 22.4 Å². The van der Waals surface area contributed by atoms with Gasteiger partial charge in [-0.2, -0.15) is 0 Å². The Bertz CT molecular complexity index is 804. The molecule has 4 nitrogen and oxygen atoms in total. The van der Waals surface area contributed by atoms with Crippen LogP contribution >= 0.6 is 0 Å². The first-order valence-corrected chi connectivity index (χ1v) is 9.08. The molecular weight excluding hydrogens is 310 g/mol. The first-order chi connectivity index (χ1) is 12.3. The number of benzene rings is 2. The number of aryl methyl sites for hydroxylation is 1. The number of ether oxygens (including phenoxy) is 1. The summed E-state index contributed by atoms with van der Waals surface area (Å²) in [4.78, 5) is 7.35. The topological polar surface area (TPSA) is 30.3 Å². The highest BCUT2D eigenvalue weighted by Gasteiger charge is 2.12. The number of nitrogens with zero attached hydrogens (tertiary/aromatic N) is 3. The van der Waals surface area contributed by atoms with Gasteiger partial charge in [0.25, 0.3) is 0 Å². The fourth-order valence-corrected chi connectivity index (χ4v) is 3.25. The lowest BCUT2D eigenvalue weighted by atomic mass is 10.2. The Hall–Kier alpha value is -2.33. The van der Waals surface area contributed by atoms with Crippen molar-refractivity contribution in [1.82, 2.24) is 14.5 Å². The van der Waals surface area contributed by atoms with E-state index in [1.54, 1.807) is 7.11 Å². The Morgan fingerprint density at radius 3 is 2.40 bits per heavy atom. The zero-order valence-electron chi connectivity index (χ0n) is 15.4. The summed E-state index contributed by atoms with van der Waals surface area (Å²) >= 11 is 0. The molecule has 3 rings (SSSR count). The zero-order chi connectivity index (χ0) is 17.6. The van der Waals surface area contributed by atoms with Gasteiger partial charge in [-0.1, -0.05) is 26.0 Å². The van der Waals surface area contributed by atoms with Crippen molar-refractivity contribution in [3.8, 4) is 17.1 Å². The average Bonchev–Trinajstić information content (AvgIpc) is 3.04. The van der Waals surface area contributed by atoms with Gasteiger partial charge in [-0.25, -0.2) is 4.98 Å². The van der Waals surface area contributed by atoms with Crippen molar-refractivity contribution >= 4 is 11.0 Å². The maximum absolute atomic E-state index is 5.28. The van der Waals surface area contributed by atoms with Crippen molar-refractivity contribution < 1.29 is 4.74 Å². The van der Waals surface area contributed by atoms with Gasteiger partial charge in [0.05, 0.1) is 18.1 Å². The predicted octanol–water partition coefficient (Wildman–Crippen LogP) is 4.44. The fourth-order valence-electron chi connectivity index (χ4n) is 3.25.